The molecule has 2 amide bonds. The largest absolute Gasteiger partial charge is 0.416 e. The van der Waals surface area contributed by atoms with Crippen LogP contribution in [-0.2, 0) is 6.18 Å². The van der Waals surface area contributed by atoms with Gasteiger partial charge in [0.15, 0.2) is 5.17 Å². The Labute approximate surface area is 159 Å². The molecule has 0 unspecified atom stereocenters. The van der Waals surface area contributed by atoms with Crippen molar-refractivity contribution < 1.29 is 18.0 Å². The van der Waals surface area contributed by atoms with Crippen LogP contribution in [0.15, 0.2) is 53.5 Å². The first-order chi connectivity index (χ1) is 12.7. The molecule has 2 aromatic rings. The minimum Gasteiger partial charge on any atom is -0.307 e. The van der Waals surface area contributed by atoms with Gasteiger partial charge in [0.05, 0.1) is 17.8 Å². The number of carbonyl (C=O) groups excluding carboxylic acids is 1. The summed E-state index contributed by atoms with van der Waals surface area (Å²) in [7, 11) is 0. The second kappa shape index (κ2) is 7.64. The first kappa shape index (κ1) is 19.3. The number of aryl methyl sites for hydroxylation is 1. The Morgan fingerprint density at radius 2 is 1.93 bits per heavy atom. The molecule has 0 radical (unpaired) electrons. The predicted octanol–water partition coefficient (Wildman–Crippen LogP) is 5.54. The average molecular weight is 393 g/mol. The summed E-state index contributed by atoms with van der Waals surface area (Å²) in [5.41, 5.74) is 0.895. The second-order valence-corrected chi connectivity index (χ2v) is 7.64. The normalized spacial score (nSPS) is 16.8. The van der Waals surface area contributed by atoms with E-state index in [-0.39, 0.29) is 10.9 Å². The van der Waals surface area contributed by atoms with Crippen LogP contribution in [0.25, 0.3) is 0 Å². The number of rotatable bonds is 2. The van der Waals surface area contributed by atoms with E-state index in [1.54, 1.807) is 12.1 Å². The van der Waals surface area contributed by atoms with Gasteiger partial charge in [-0.25, -0.2) is 9.69 Å². The highest BCUT2D eigenvalue weighted by atomic mass is 32.2. The Hall–Kier alpha value is -2.48. The highest BCUT2D eigenvalue weighted by Crippen LogP contribution is 2.34. The molecule has 0 bridgehead atoms. The van der Waals surface area contributed by atoms with Gasteiger partial charge >= 0.3 is 12.2 Å². The zero-order valence-corrected chi connectivity index (χ0v) is 15.6. The molecular formula is C19H18F3N3OS. The maximum absolute atomic E-state index is 13.1. The van der Waals surface area contributed by atoms with Gasteiger partial charge < -0.3 is 5.32 Å². The third-order valence-electron chi connectivity index (χ3n) is 3.92. The summed E-state index contributed by atoms with van der Waals surface area (Å²) in [6.07, 6.45) is -4.49. The van der Waals surface area contributed by atoms with Gasteiger partial charge in [0, 0.05) is 10.9 Å². The third kappa shape index (κ3) is 4.63. The maximum Gasteiger partial charge on any atom is 0.416 e. The van der Waals surface area contributed by atoms with Crippen molar-refractivity contribution in [1.29, 1.82) is 0 Å². The van der Waals surface area contributed by atoms with E-state index in [1.807, 2.05) is 26.0 Å². The zero-order valence-electron chi connectivity index (χ0n) is 14.7. The molecule has 1 aliphatic heterocycles. The number of anilines is 2. The molecule has 0 aliphatic carbocycles. The zero-order chi connectivity index (χ0) is 19.6. The predicted molar refractivity (Wildman–Crippen MR) is 103 cm³/mol. The fourth-order valence-electron chi connectivity index (χ4n) is 2.54. The Morgan fingerprint density at radius 3 is 2.52 bits per heavy atom. The van der Waals surface area contributed by atoms with Gasteiger partial charge in [-0.1, -0.05) is 42.4 Å². The van der Waals surface area contributed by atoms with Crippen LogP contribution in [0.1, 0.15) is 18.1 Å². The molecule has 27 heavy (non-hydrogen) atoms. The van der Waals surface area contributed by atoms with Gasteiger partial charge in [0.2, 0.25) is 0 Å². The Morgan fingerprint density at radius 1 is 1.22 bits per heavy atom. The number of hydrogen-bond donors (Lipinski definition) is 1. The van der Waals surface area contributed by atoms with Gasteiger partial charge in [0.1, 0.15) is 0 Å². The van der Waals surface area contributed by atoms with E-state index in [0.717, 1.165) is 17.7 Å². The summed E-state index contributed by atoms with van der Waals surface area (Å²) in [5.74, 6) is 0. The van der Waals surface area contributed by atoms with Crippen molar-refractivity contribution in [2.45, 2.75) is 25.3 Å². The molecule has 0 saturated carbocycles. The van der Waals surface area contributed by atoms with Crippen molar-refractivity contribution in [2.75, 3.05) is 16.8 Å². The number of nitrogens with one attached hydrogen (secondary N) is 1. The van der Waals surface area contributed by atoms with Crippen LogP contribution in [0.2, 0.25) is 0 Å². The monoisotopic (exact) mass is 393 g/mol. The Balaban J connectivity index is 1.94. The maximum atomic E-state index is 13.1. The van der Waals surface area contributed by atoms with E-state index >= 15 is 0 Å². The van der Waals surface area contributed by atoms with Crippen molar-refractivity contribution >= 4 is 34.3 Å². The molecule has 3 rings (SSSR count). The summed E-state index contributed by atoms with van der Waals surface area (Å²) in [5, 5.41) is 3.26. The molecule has 142 valence electrons. The summed E-state index contributed by atoms with van der Waals surface area (Å²) >= 11 is 1.36. The number of halogens is 3. The van der Waals surface area contributed by atoms with Gasteiger partial charge in [-0.15, -0.1) is 0 Å². The third-order valence-corrected chi connectivity index (χ3v) is 4.99. The molecule has 0 aromatic heterocycles. The number of amides is 2. The van der Waals surface area contributed by atoms with Crippen molar-refractivity contribution in [2.24, 2.45) is 4.99 Å². The summed E-state index contributed by atoms with van der Waals surface area (Å²) in [6, 6.07) is 11.3. The van der Waals surface area contributed by atoms with E-state index in [9.17, 15) is 18.0 Å². The van der Waals surface area contributed by atoms with Crippen molar-refractivity contribution in [3.63, 3.8) is 0 Å². The van der Waals surface area contributed by atoms with E-state index in [0.29, 0.717) is 17.4 Å². The lowest BCUT2D eigenvalue weighted by Gasteiger charge is -2.23. The smallest absolute Gasteiger partial charge is 0.307 e. The SMILES string of the molecule is Cc1ccc(NC(=O)N(C2=NC[C@H](C)S2)c2cccc(C(F)(F)F)c2)cc1. The fraction of sp³-hybridized carbons (Fsp3) is 0.263. The lowest BCUT2D eigenvalue weighted by atomic mass is 10.2. The topological polar surface area (TPSA) is 44.7 Å². The first-order valence-electron chi connectivity index (χ1n) is 8.30. The van der Waals surface area contributed by atoms with Crippen LogP contribution in [0, 0.1) is 6.92 Å². The van der Waals surface area contributed by atoms with Crippen LogP contribution in [-0.4, -0.2) is 23.0 Å². The second-order valence-electron chi connectivity index (χ2n) is 6.23. The molecule has 4 nitrogen and oxygen atoms in total. The number of benzene rings is 2. The number of nitrogens with zero attached hydrogens (tertiary/aromatic N) is 2. The van der Waals surface area contributed by atoms with Gasteiger partial charge in [-0.05, 0) is 37.3 Å². The number of amidine groups is 1. The Kier molecular flexibility index (Phi) is 5.46. The summed E-state index contributed by atoms with van der Waals surface area (Å²) in [4.78, 5) is 18.4. The number of alkyl halides is 3. The molecule has 0 spiro atoms. The summed E-state index contributed by atoms with van der Waals surface area (Å²) in [6.45, 7) is 4.38. The van der Waals surface area contributed by atoms with E-state index < -0.39 is 17.8 Å². The van der Waals surface area contributed by atoms with Crippen molar-refractivity contribution in [1.82, 2.24) is 0 Å². The lowest BCUT2D eigenvalue weighted by Crippen LogP contribution is -2.38. The first-order valence-corrected chi connectivity index (χ1v) is 9.18. The molecular weight excluding hydrogens is 375 g/mol. The lowest BCUT2D eigenvalue weighted by molar-refractivity contribution is -0.137. The molecule has 1 N–H and O–H groups in total. The molecule has 0 fully saturated rings. The molecule has 2 aromatic carbocycles. The van der Waals surface area contributed by atoms with Crippen molar-refractivity contribution in [3.8, 4) is 0 Å². The highest BCUT2D eigenvalue weighted by molar-refractivity contribution is 8.15. The molecule has 0 saturated heterocycles. The van der Waals surface area contributed by atoms with Gasteiger partial charge in [0.25, 0.3) is 0 Å². The minimum atomic E-state index is -4.49. The molecule has 1 heterocycles. The average Bonchev–Trinajstić information content (AvgIpc) is 3.02. The van der Waals surface area contributed by atoms with Crippen molar-refractivity contribution in [3.05, 3.63) is 59.7 Å². The van der Waals surface area contributed by atoms with Crippen LogP contribution >= 0.6 is 11.8 Å². The van der Waals surface area contributed by atoms with Crippen LogP contribution in [0.4, 0.5) is 29.3 Å². The number of urea groups is 1. The van der Waals surface area contributed by atoms with E-state index in [2.05, 4.69) is 10.3 Å². The van der Waals surface area contributed by atoms with Gasteiger partial charge in [-0.3, -0.25) is 4.99 Å². The number of thioether (sulfide) groups is 1. The molecule has 1 aliphatic rings. The van der Waals surface area contributed by atoms with Crippen LogP contribution < -0.4 is 10.2 Å². The number of hydrogen-bond acceptors (Lipinski definition) is 3. The van der Waals surface area contributed by atoms with Gasteiger partial charge in [-0.2, -0.15) is 13.2 Å². The van der Waals surface area contributed by atoms with Crippen LogP contribution in [0.5, 0.6) is 0 Å². The Bertz CT molecular complexity index is 865. The number of aliphatic imine (C=N–C) groups is 1. The van der Waals surface area contributed by atoms with E-state index in [1.165, 1.54) is 28.8 Å². The fourth-order valence-corrected chi connectivity index (χ4v) is 3.49. The highest BCUT2D eigenvalue weighted by Gasteiger charge is 2.33. The molecule has 1 atom stereocenters. The summed E-state index contributed by atoms with van der Waals surface area (Å²) < 4.78 is 39.3. The minimum absolute atomic E-state index is 0.120. The van der Waals surface area contributed by atoms with Crippen LogP contribution in [0.3, 0.4) is 0 Å². The number of carbonyl (C=O) groups is 1. The molecule has 8 heteroatoms. The quantitative estimate of drug-likeness (QED) is 0.728. The standard InChI is InChI=1S/C19H18F3N3OS/c1-12-6-8-15(9-7-12)24-17(26)25(18-23-11-13(2)27-18)16-5-3-4-14(10-16)19(20,21)22/h3-10,13H,11H2,1-2H3,(H,24,26)/t13-/m0/s1. The van der Waals surface area contributed by atoms with E-state index in [4.69, 9.17) is 0 Å².